The lowest BCUT2D eigenvalue weighted by Gasteiger charge is -2.27. The smallest absolute Gasteiger partial charge is 0.264 e. The van der Waals surface area contributed by atoms with Crippen LogP contribution in [0.15, 0.2) is 71.6 Å². The summed E-state index contributed by atoms with van der Waals surface area (Å²) < 4.78 is 61.1. The summed E-state index contributed by atoms with van der Waals surface area (Å²) in [5.41, 5.74) is 2.03. The highest BCUT2D eigenvalue weighted by Gasteiger charge is 2.27. The molecule has 0 amide bonds. The molecular weight excluding hydrogens is 498 g/mol. The van der Waals surface area contributed by atoms with Crippen LogP contribution in [0.4, 0.5) is 11.4 Å². The minimum Gasteiger partial charge on any atom is -0.455 e. The quantitative estimate of drug-likeness (QED) is 0.390. The maximum Gasteiger partial charge on any atom is 0.264 e. The Hall–Kier alpha value is -3.55. The van der Waals surface area contributed by atoms with Gasteiger partial charge in [0.2, 0.25) is 10.0 Å². The van der Waals surface area contributed by atoms with Gasteiger partial charge in [0.05, 0.1) is 34.2 Å². The van der Waals surface area contributed by atoms with Crippen LogP contribution in [0.25, 0.3) is 0 Å². The molecule has 0 spiro atoms. The SMILES string of the molecule is CCc1ccc(N(CC(C)C)S(=O)(=O)c2ccc(Oc3ccc(C#N)cc3)c(NS(C)(=O)=O)c2)cc1. The van der Waals surface area contributed by atoms with Crippen molar-refractivity contribution in [3.05, 3.63) is 77.9 Å². The second-order valence-corrected chi connectivity index (χ2v) is 12.3. The van der Waals surface area contributed by atoms with Crippen LogP contribution in [-0.4, -0.2) is 29.6 Å². The number of anilines is 2. The number of hydrogen-bond donors (Lipinski definition) is 1. The molecule has 36 heavy (non-hydrogen) atoms. The zero-order valence-corrected chi connectivity index (χ0v) is 22.2. The van der Waals surface area contributed by atoms with Crippen molar-refractivity contribution in [2.24, 2.45) is 5.92 Å². The van der Waals surface area contributed by atoms with E-state index in [1.807, 2.05) is 39.0 Å². The molecule has 8 nitrogen and oxygen atoms in total. The average Bonchev–Trinajstić information content (AvgIpc) is 2.83. The first-order valence-electron chi connectivity index (χ1n) is 11.3. The molecule has 3 rings (SSSR count). The third-order valence-corrected chi connectivity index (χ3v) is 7.59. The van der Waals surface area contributed by atoms with Crippen LogP contribution >= 0.6 is 0 Å². The summed E-state index contributed by atoms with van der Waals surface area (Å²) in [5, 5.41) is 8.98. The van der Waals surface area contributed by atoms with E-state index in [1.165, 1.54) is 22.5 Å². The molecule has 0 saturated heterocycles. The monoisotopic (exact) mass is 527 g/mol. The van der Waals surface area contributed by atoms with Crippen molar-refractivity contribution in [3.63, 3.8) is 0 Å². The highest BCUT2D eigenvalue weighted by Crippen LogP contribution is 2.34. The molecule has 0 fully saturated rings. The van der Waals surface area contributed by atoms with E-state index in [0.29, 0.717) is 17.0 Å². The summed E-state index contributed by atoms with van der Waals surface area (Å²) in [5.74, 6) is 0.517. The summed E-state index contributed by atoms with van der Waals surface area (Å²) in [6, 6.07) is 19.6. The number of benzene rings is 3. The predicted octanol–water partition coefficient (Wildman–Crippen LogP) is 5.14. The molecule has 0 bridgehead atoms. The summed E-state index contributed by atoms with van der Waals surface area (Å²) in [6.45, 7) is 6.11. The first kappa shape index (κ1) is 27.0. The summed E-state index contributed by atoms with van der Waals surface area (Å²) in [4.78, 5) is -0.0824. The Bertz CT molecular complexity index is 1460. The molecule has 0 aromatic heterocycles. The van der Waals surface area contributed by atoms with Gasteiger partial charge in [-0.25, -0.2) is 16.8 Å². The molecular formula is C26H29N3O5S2. The van der Waals surface area contributed by atoms with Crippen LogP contribution in [0.2, 0.25) is 0 Å². The lowest BCUT2D eigenvalue weighted by Crippen LogP contribution is -2.34. The lowest BCUT2D eigenvalue weighted by molar-refractivity contribution is 0.484. The Morgan fingerprint density at radius 3 is 2.14 bits per heavy atom. The van der Waals surface area contributed by atoms with Gasteiger partial charge in [-0.05, 0) is 72.5 Å². The van der Waals surface area contributed by atoms with Gasteiger partial charge in [-0.3, -0.25) is 9.03 Å². The predicted molar refractivity (Wildman–Crippen MR) is 141 cm³/mol. The van der Waals surface area contributed by atoms with Crippen molar-refractivity contribution < 1.29 is 21.6 Å². The number of nitrogens with one attached hydrogen (secondary N) is 1. The Labute approximate surface area is 213 Å². The molecule has 0 radical (unpaired) electrons. The number of rotatable bonds is 10. The second kappa shape index (κ2) is 11.0. The van der Waals surface area contributed by atoms with Gasteiger partial charge in [-0.2, -0.15) is 5.26 Å². The Kier molecular flexibility index (Phi) is 8.28. The third kappa shape index (κ3) is 6.77. The molecule has 3 aromatic carbocycles. The molecule has 0 aliphatic rings. The maximum atomic E-state index is 13.8. The number of hydrogen-bond acceptors (Lipinski definition) is 6. The normalized spacial score (nSPS) is 11.7. The minimum atomic E-state index is -4.04. The van der Waals surface area contributed by atoms with Crippen LogP contribution in [0.1, 0.15) is 31.9 Å². The Morgan fingerprint density at radius 1 is 0.972 bits per heavy atom. The highest BCUT2D eigenvalue weighted by atomic mass is 32.2. The van der Waals surface area contributed by atoms with Gasteiger partial charge in [0.15, 0.2) is 5.75 Å². The largest absolute Gasteiger partial charge is 0.455 e. The van der Waals surface area contributed by atoms with E-state index in [1.54, 1.807) is 36.4 Å². The molecule has 0 aliphatic carbocycles. The molecule has 0 heterocycles. The van der Waals surface area contributed by atoms with Gasteiger partial charge in [0.25, 0.3) is 10.0 Å². The first-order valence-corrected chi connectivity index (χ1v) is 14.7. The Balaban J connectivity index is 2.06. The van der Waals surface area contributed by atoms with Crippen LogP contribution in [0.3, 0.4) is 0 Å². The van der Waals surface area contributed by atoms with Gasteiger partial charge in [0.1, 0.15) is 5.75 Å². The van der Waals surface area contributed by atoms with Gasteiger partial charge in [-0.15, -0.1) is 0 Å². The second-order valence-electron chi connectivity index (χ2n) is 8.72. The number of nitrogens with zero attached hydrogens (tertiary/aromatic N) is 2. The molecule has 10 heteroatoms. The van der Waals surface area contributed by atoms with Crippen LogP contribution in [0.5, 0.6) is 11.5 Å². The van der Waals surface area contributed by atoms with Gasteiger partial charge >= 0.3 is 0 Å². The van der Waals surface area contributed by atoms with E-state index in [-0.39, 0.29) is 28.8 Å². The van der Waals surface area contributed by atoms with Gasteiger partial charge in [0, 0.05) is 6.54 Å². The number of aryl methyl sites for hydroxylation is 1. The van der Waals surface area contributed by atoms with E-state index in [2.05, 4.69) is 4.72 Å². The lowest BCUT2D eigenvalue weighted by atomic mass is 10.1. The van der Waals surface area contributed by atoms with E-state index in [0.717, 1.165) is 18.2 Å². The van der Waals surface area contributed by atoms with Crippen molar-refractivity contribution >= 4 is 31.4 Å². The molecule has 0 saturated carbocycles. The average molecular weight is 528 g/mol. The molecule has 0 atom stereocenters. The van der Waals surface area contributed by atoms with Gasteiger partial charge < -0.3 is 4.74 Å². The standard InChI is InChI=1S/C26H29N3O5S2/c1-5-20-6-10-22(11-7-20)29(18-19(2)3)36(32,33)24-14-15-26(25(16-24)28-35(4,30)31)34-23-12-8-21(17-27)9-13-23/h6-16,19,28H,5,18H2,1-4H3. The van der Waals surface area contributed by atoms with E-state index in [4.69, 9.17) is 10.00 Å². The van der Waals surface area contributed by atoms with E-state index >= 15 is 0 Å². The summed E-state index contributed by atoms with van der Waals surface area (Å²) in [6.07, 6.45) is 1.80. The molecule has 0 unspecified atom stereocenters. The number of ether oxygens (including phenoxy) is 1. The third-order valence-electron chi connectivity index (χ3n) is 5.21. The van der Waals surface area contributed by atoms with Crippen molar-refractivity contribution in [2.45, 2.75) is 32.1 Å². The van der Waals surface area contributed by atoms with Crippen molar-refractivity contribution in [2.75, 3.05) is 21.8 Å². The fourth-order valence-corrected chi connectivity index (χ4v) is 5.68. The van der Waals surface area contributed by atoms with E-state index < -0.39 is 20.0 Å². The van der Waals surface area contributed by atoms with Crippen molar-refractivity contribution in [1.82, 2.24) is 0 Å². The van der Waals surface area contributed by atoms with E-state index in [9.17, 15) is 16.8 Å². The van der Waals surface area contributed by atoms with Crippen molar-refractivity contribution in [3.8, 4) is 17.6 Å². The number of sulfonamides is 2. The summed E-state index contributed by atoms with van der Waals surface area (Å²) >= 11 is 0. The molecule has 0 aliphatic heterocycles. The number of nitriles is 1. The topological polar surface area (TPSA) is 117 Å². The van der Waals surface area contributed by atoms with Crippen LogP contribution in [-0.2, 0) is 26.5 Å². The van der Waals surface area contributed by atoms with Crippen LogP contribution in [0, 0.1) is 17.2 Å². The zero-order valence-electron chi connectivity index (χ0n) is 20.6. The minimum absolute atomic E-state index is 0.0197. The van der Waals surface area contributed by atoms with Crippen molar-refractivity contribution in [1.29, 1.82) is 5.26 Å². The molecule has 3 aromatic rings. The fraction of sp³-hybridized carbons (Fsp3) is 0.269. The first-order chi connectivity index (χ1) is 16.9. The zero-order chi connectivity index (χ0) is 26.5. The molecule has 1 N–H and O–H groups in total. The Morgan fingerprint density at radius 2 is 1.61 bits per heavy atom. The fourth-order valence-electron chi connectivity index (χ4n) is 3.46. The maximum absolute atomic E-state index is 13.8. The summed E-state index contributed by atoms with van der Waals surface area (Å²) in [7, 11) is -7.78. The van der Waals surface area contributed by atoms with Gasteiger partial charge in [-0.1, -0.05) is 32.9 Å². The molecule has 190 valence electrons. The highest BCUT2D eigenvalue weighted by molar-refractivity contribution is 7.93. The van der Waals surface area contributed by atoms with Crippen LogP contribution < -0.4 is 13.8 Å².